The molecule has 1 heterocycles. The molecule has 1 fully saturated rings. The van der Waals surface area contributed by atoms with E-state index < -0.39 is 5.97 Å². The highest BCUT2D eigenvalue weighted by Crippen LogP contribution is 2.33. The Morgan fingerprint density at radius 1 is 0.900 bits per heavy atom. The summed E-state index contributed by atoms with van der Waals surface area (Å²) in [6.45, 7) is 5.59. The minimum absolute atomic E-state index is 0.0876. The Bertz CT molecular complexity index is 1130. The number of aryl methyl sites for hydroxylation is 2. The van der Waals surface area contributed by atoms with Crippen molar-refractivity contribution in [3.8, 4) is 0 Å². The van der Waals surface area contributed by atoms with E-state index >= 15 is 0 Å². The van der Waals surface area contributed by atoms with Crippen molar-refractivity contribution < 1.29 is 14.7 Å². The molecule has 0 spiro atoms. The summed E-state index contributed by atoms with van der Waals surface area (Å²) < 4.78 is 0. The largest absolute Gasteiger partial charge is 0.478 e. The molecule has 0 saturated carbocycles. The van der Waals surface area contributed by atoms with E-state index in [2.05, 4.69) is 5.32 Å². The fourth-order valence-electron chi connectivity index (χ4n) is 4.18. The zero-order valence-electron chi connectivity index (χ0n) is 17.4. The quantitative estimate of drug-likeness (QED) is 0.602. The number of piperidine rings is 1. The first-order chi connectivity index (χ1) is 14.5. The van der Waals surface area contributed by atoms with Gasteiger partial charge >= 0.3 is 5.97 Å². The van der Waals surface area contributed by atoms with Gasteiger partial charge in [-0.2, -0.15) is 0 Å². The third-order valence-electron chi connectivity index (χ3n) is 5.88. The number of rotatable bonds is 4. The molecule has 154 valence electrons. The minimum Gasteiger partial charge on any atom is -0.478 e. The average Bonchev–Trinajstić information content (AvgIpc) is 2.75. The van der Waals surface area contributed by atoms with Crippen molar-refractivity contribution in [1.29, 1.82) is 0 Å². The molecular formula is C25H26N2O3. The van der Waals surface area contributed by atoms with Crippen LogP contribution in [0.15, 0.2) is 48.5 Å². The number of hydrogen-bond acceptors (Lipinski definition) is 3. The molecule has 0 aliphatic carbocycles. The maximum Gasteiger partial charge on any atom is 0.335 e. The van der Waals surface area contributed by atoms with Crippen molar-refractivity contribution in [2.75, 3.05) is 18.4 Å². The number of likely N-dealkylation sites (tertiary alicyclic amines) is 1. The highest BCUT2D eigenvalue weighted by atomic mass is 16.4. The number of anilines is 2. The number of amides is 1. The monoisotopic (exact) mass is 402 g/mol. The van der Waals surface area contributed by atoms with Crippen LogP contribution in [0.4, 0.5) is 11.4 Å². The molecular weight excluding hydrogens is 376 g/mol. The van der Waals surface area contributed by atoms with Crippen LogP contribution in [-0.4, -0.2) is 35.0 Å². The molecule has 0 radical (unpaired) electrons. The highest BCUT2D eigenvalue weighted by Gasteiger charge is 2.21. The fraction of sp³-hybridized carbons (Fsp3) is 0.280. The Morgan fingerprint density at radius 3 is 2.40 bits per heavy atom. The van der Waals surface area contributed by atoms with Crippen LogP contribution in [-0.2, 0) is 0 Å². The van der Waals surface area contributed by atoms with Gasteiger partial charge in [-0.15, -0.1) is 0 Å². The molecule has 0 aromatic heterocycles. The number of nitrogens with zero attached hydrogens (tertiary/aromatic N) is 1. The molecule has 4 rings (SSSR count). The third-order valence-corrected chi connectivity index (χ3v) is 5.88. The number of carboxylic acids is 1. The predicted octanol–water partition coefficient (Wildman–Crippen LogP) is 5.52. The molecule has 1 aliphatic rings. The van der Waals surface area contributed by atoms with E-state index in [1.54, 1.807) is 18.2 Å². The highest BCUT2D eigenvalue weighted by molar-refractivity contribution is 6.12. The molecule has 30 heavy (non-hydrogen) atoms. The number of carbonyl (C=O) groups is 2. The zero-order chi connectivity index (χ0) is 21.3. The number of benzene rings is 3. The first kappa shape index (κ1) is 20.0. The topological polar surface area (TPSA) is 69.6 Å². The number of hydrogen-bond donors (Lipinski definition) is 2. The molecule has 3 aromatic carbocycles. The van der Waals surface area contributed by atoms with E-state index in [0.29, 0.717) is 0 Å². The summed E-state index contributed by atoms with van der Waals surface area (Å²) in [6, 6.07) is 14.9. The molecule has 2 N–H and O–H groups in total. The van der Waals surface area contributed by atoms with Crippen molar-refractivity contribution in [1.82, 2.24) is 4.90 Å². The number of nitrogens with one attached hydrogen (secondary N) is 1. The molecule has 0 unspecified atom stereocenters. The lowest BCUT2D eigenvalue weighted by Gasteiger charge is -2.27. The van der Waals surface area contributed by atoms with Crippen LogP contribution in [0, 0.1) is 13.8 Å². The second kappa shape index (κ2) is 8.19. The van der Waals surface area contributed by atoms with Crippen LogP contribution < -0.4 is 5.32 Å². The van der Waals surface area contributed by atoms with Gasteiger partial charge in [0.1, 0.15) is 0 Å². The fourth-order valence-corrected chi connectivity index (χ4v) is 4.18. The second-order valence-electron chi connectivity index (χ2n) is 7.97. The normalized spacial score (nSPS) is 14.0. The van der Waals surface area contributed by atoms with Crippen LogP contribution in [0.3, 0.4) is 0 Å². The maximum absolute atomic E-state index is 13.2. The molecule has 1 aliphatic heterocycles. The summed E-state index contributed by atoms with van der Waals surface area (Å²) in [6.07, 6.45) is 3.30. The summed E-state index contributed by atoms with van der Waals surface area (Å²) in [5.41, 5.74) is 4.57. The summed E-state index contributed by atoms with van der Waals surface area (Å²) >= 11 is 0. The first-order valence-electron chi connectivity index (χ1n) is 10.4. The molecule has 5 heteroatoms. The van der Waals surface area contributed by atoms with Gasteiger partial charge in [-0.1, -0.05) is 24.3 Å². The standard InChI is InChI=1S/C25H26N2O3/c1-16-9-10-18(25(29)30)15-22(16)26-21-12-11-20(23-17(2)7-6-8-19(21)23)24(28)27-13-4-3-5-14-27/h6-12,15,26H,3-5,13-14H2,1-2H3,(H,29,30). The van der Waals surface area contributed by atoms with E-state index in [0.717, 1.165) is 64.8 Å². The molecule has 1 amide bonds. The lowest BCUT2D eigenvalue weighted by molar-refractivity contribution is 0.0694. The summed E-state index contributed by atoms with van der Waals surface area (Å²) in [7, 11) is 0. The van der Waals surface area contributed by atoms with Crippen LogP contribution in [0.2, 0.25) is 0 Å². The Morgan fingerprint density at radius 2 is 1.67 bits per heavy atom. The summed E-state index contributed by atoms with van der Waals surface area (Å²) in [5.74, 6) is -0.870. The molecule has 0 atom stereocenters. The maximum atomic E-state index is 13.2. The summed E-state index contributed by atoms with van der Waals surface area (Å²) in [4.78, 5) is 26.6. The van der Waals surface area contributed by atoms with E-state index in [1.165, 1.54) is 6.42 Å². The van der Waals surface area contributed by atoms with Gasteiger partial charge in [0, 0.05) is 35.4 Å². The van der Waals surface area contributed by atoms with Gasteiger partial charge in [-0.05, 0) is 73.9 Å². The van der Waals surface area contributed by atoms with Crippen LogP contribution >= 0.6 is 0 Å². The van der Waals surface area contributed by atoms with Crippen molar-refractivity contribution >= 4 is 34.0 Å². The van der Waals surface area contributed by atoms with E-state index in [4.69, 9.17) is 0 Å². The molecule has 3 aromatic rings. The molecule has 1 saturated heterocycles. The van der Waals surface area contributed by atoms with E-state index in [9.17, 15) is 14.7 Å². The SMILES string of the molecule is Cc1ccc(C(=O)O)cc1Nc1ccc(C(=O)N2CCCCC2)c2c(C)cccc12. The van der Waals surface area contributed by atoms with Crippen LogP contribution in [0.5, 0.6) is 0 Å². The van der Waals surface area contributed by atoms with Gasteiger partial charge in [-0.25, -0.2) is 4.79 Å². The smallest absolute Gasteiger partial charge is 0.335 e. The lowest BCUT2D eigenvalue weighted by atomic mass is 9.96. The minimum atomic E-state index is -0.957. The predicted molar refractivity (Wildman–Crippen MR) is 120 cm³/mol. The van der Waals surface area contributed by atoms with Gasteiger partial charge in [0.2, 0.25) is 0 Å². The molecule has 0 bridgehead atoms. The number of carboxylic acid groups (broad SMARTS) is 1. The van der Waals surface area contributed by atoms with Crippen molar-refractivity contribution in [2.45, 2.75) is 33.1 Å². The van der Waals surface area contributed by atoms with E-state index in [-0.39, 0.29) is 11.5 Å². The Kier molecular flexibility index (Phi) is 5.44. The Hall–Kier alpha value is -3.34. The van der Waals surface area contributed by atoms with Gasteiger partial charge in [0.05, 0.1) is 5.56 Å². The Labute approximate surface area is 176 Å². The van der Waals surface area contributed by atoms with Gasteiger partial charge in [0.25, 0.3) is 5.91 Å². The Balaban J connectivity index is 1.78. The van der Waals surface area contributed by atoms with Crippen LogP contribution in [0.25, 0.3) is 10.8 Å². The number of fused-ring (bicyclic) bond motifs is 1. The van der Waals surface area contributed by atoms with Crippen molar-refractivity contribution in [3.05, 3.63) is 70.8 Å². The van der Waals surface area contributed by atoms with Gasteiger partial charge in [-0.3, -0.25) is 4.79 Å². The van der Waals surface area contributed by atoms with Crippen LogP contribution in [0.1, 0.15) is 51.1 Å². The zero-order valence-corrected chi connectivity index (χ0v) is 17.4. The van der Waals surface area contributed by atoms with Crippen molar-refractivity contribution in [3.63, 3.8) is 0 Å². The van der Waals surface area contributed by atoms with Gasteiger partial charge in [0.15, 0.2) is 0 Å². The second-order valence-corrected chi connectivity index (χ2v) is 7.97. The lowest BCUT2D eigenvalue weighted by Crippen LogP contribution is -2.35. The van der Waals surface area contributed by atoms with E-state index in [1.807, 2.05) is 49.1 Å². The van der Waals surface area contributed by atoms with Gasteiger partial charge < -0.3 is 15.3 Å². The number of aromatic carboxylic acids is 1. The first-order valence-corrected chi connectivity index (χ1v) is 10.4. The summed E-state index contributed by atoms with van der Waals surface area (Å²) in [5, 5.41) is 14.6. The number of carbonyl (C=O) groups excluding carboxylic acids is 1. The van der Waals surface area contributed by atoms with Crippen molar-refractivity contribution in [2.24, 2.45) is 0 Å². The third kappa shape index (κ3) is 3.75. The average molecular weight is 402 g/mol. The molecule has 5 nitrogen and oxygen atoms in total.